The molecule has 0 N–H and O–H groups in total. The van der Waals surface area contributed by atoms with E-state index in [0.717, 1.165) is 0 Å². The lowest BCUT2D eigenvalue weighted by Gasteiger charge is -2.19. The van der Waals surface area contributed by atoms with Crippen LogP contribution in [0.25, 0.3) is 0 Å². The Labute approximate surface area is 66.6 Å². The molecule has 0 radical (unpaired) electrons. The molecule has 0 aliphatic rings. The first-order valence-electron chi connectivity index (χ1n) is 3.58. The maximum Gasteiger partial charge on any atom is -0.0172 e. The van der Waals surface area contributed by atoms with Crippen LogP contribution in [-0.2, 0) is 0 Å². The van der Waals surface area contributed by atoms with Gasteiger partial charge < -0.3 is 0 Å². The summed E-state index contributed by atoms with van der Waals surface area (Å²) in [6.07, 6.45) is 2.16. The van der Waals surface area contributed by atoms with Crippen LogP contribution in [0.2, 0.25) is 0 Å². The molecular formula is C9H17P. The fourth-order valence-electron chi connectivity index (χ4n) is 0.541. The van der Waals surface area contributed by atoms with Crippen LogP contribution in [0, 0.1) is 5.41 Å². The van der Waals surface area contributed by atoms with Crippen molar-refractivity contribution < 1.29 is 0 Å². The fourth-order valence-corrected chi connectivity index (χ4v) is 0.758. The molecule has 58 valence electrons. The molecule has 0 bridgehead atoms. The number of rotatable bonds is 1. The maximum absolute atomic E-state index is 3.45. The minimum atomic E-state index is 0.300. The molecule has 0 saturated carbocycles. The monoisotopic (exact) mass is 156 g/mol. The molecule has 0 amide bonds. The largest absolute Gasteiger partial charge is 0.119 e. The Morgan fingerprint density at radius 1 is 1.20 bits per heavy atom. The molecule has 0 saturated heterocycles. The summed E-state index contributed by atoms with van der Waals surface area (Å²) in [7, 11) is 3.45. The summed E-state index contributed by atoms with van der Waals surface area (Å²) in [4.78, 5) is 0. The van der Waals surface area contributed by atoms with E-state index in [4.69, 9.17) is 0 Å². The van der Waals surface area contributed by atoms with Crippen molar-refractivity contribution in [2.24, 2.45) is 5.41 Å². The maximum atomic E-state index is 3.45. The van der Waals surface area contributed by atoms with Gasteiger partial charge >= 0.3 is 0 Å². The summed E-state index contributed by atoms with van der Waals surface area (Å²) >= 11 is 0. The van der Waals surface area contributed by atoms with Crippen LogP contribution in [0.3, 0.4) is 0 Å². The Morgan fingerprint density at radius 2 is 1.60 bits per heavy atom. The Morgan fingerprint density at radius 3 is 1.70 bits per heavy atom. The molecule has 0 unspecified atom stereocenters. The average molecular weight is 156 g/mol. The van der Waals surface area contributed by atoms with Crippen LogP contribution in [0.15, 0.2) is 11.6 Å². The van der Waals surface area contributed by atoms with E-state index in [1.54, 1.807) is 0 Å². The van der Waals surface area contributed by atoms with E-state index in [9.17, 15) is 0 Å². The van der Waals surface area contributed by atoms with Crippen molar-refractivity contribution in [3.63, 3.8) is 0 Å². The van der Waals surface area contributed by atoms with Gasteiger partial charge in [-0.3, -0.25) is 0 Å². The molecule has 0 heterocycles. The van der Waals surface area contributed by atoms with Gasteiger partial charge in [-0.1, -0.05) is 32.4 Å². The highest BCUT2D eigenvalue weighted by atomic mass is 31.0. The quantitative estimate of drug-likeness (QED) is 0.511. The smallest absolute Gasteiger partial charge is 0.0172 e. The van der Waals surface area contributed by atoms with Crippen LogP contribution in [-0.4, -0.2) is 5.29 Å². The Kier molecular flexibility index (Phi) is 3.31. The standard InChI is InChI=1S/C9H17P/c1-7(6-8(2)10)9(3,4)5/h6,10H,1-5H3/b7-6+. The summed E-state index contributed by atoms with van der Waals surface area (Å²) in [6, 6.07) is 0. The zero-order valence-electron chi connectivity index (χ0n) is 7.58. The van der Waals surface area contributed by atoms with E-state index in [0.29, 0.717) is 5.41 Å². The van der Waals surface area contributed by atoms with Crippen molar-refractivity contribution >= 4 is 14.2 Å². The Balaban J connectivity index is 4.35. The van der Waals surface area contributed by atoms with Gasteiger partial charge in [0.2, 0.25) is 0 Å². The highest BCUT2D eigenvalue weighted by molar-refractivity contribution is 7.21. The highest BCUT2D eigenvalue weighted by Crippen LogP contribution is 2.24. The van der Waals surface area contributed by atoms with Gasteiger partial charge in [0.05, 0.1) is 0 Å². The molecule has 0 rings (SSSR count). The van der Waals surface area contributed by atoms with Crippen molar-refractivity contribution in [3.8, 4) is 0 Å². The molecule has 0 aliphatic carbocycles. The van der Waals surface area contributed by atoms with E-state index < -0.39 is 0 Å². The van der Waals surface area contributed by atoms with Gasteiger partial charge in [0, 0.05) is 0 Å². The number of hydrogen-bond acceptors (Lipinski definition) is 0. The summed E-state index contributed by atoms with van der Waals surface area (Å²) in [5.74, 6) is 0. The SMILES string of the molecule is CC(=P)/C=C(\C)C(C)(C)C. The minimum absolute atomic E-state index is 0.300. The Hall–Kier alpha value is -0.0900. The van der Waals surface area contributed by atoms with E-state index in [1.165, 1.54) is 10.9 Å². The first kappa shape index (κ1) is 9.91. The molecule has 10 heavy (non-hydrogen) atoms. The van der Waals surface area contributed by atoms with E-state index in [-0.39, 0.29) is 0 Å². The van der Waals surface area contributed by atoms with Crippen molar-refractivity contribution in [3.05, 3.63) is 11.6 Å². The topological polar surface area (TPSA) is 0 Å². The van der Waals surface area contributed by atoms with Gasteiger partial charge in [-0.25, -0.2) is 0 Å². The zero-order valence-corrected chi connectivity index (χ0v) is 8.58. The number of hydrogen-bond donors (Lipinski definition) is 0. The van der Waals surface area contributed by atoms with Gasteiger partial charge in [0.15, 0.2) is 0 Å². The predicted molar refractivity (Wildman–Crippen MR) is 52.2 cm³/mol. The average Bonchev–Trinajstić information content (AvgIpc) is 1.60. The van der Waals surface area contributed by atoms with Crippen molar-refractivity contribution in [1.82, 2.24) is 0 Å². The van der Waals surface area contributed by atoms with E-state index >= 15 is 0 Å². The summed E-state index contributed by atoms with van der Waals surface area (Å²) in [6.45, 7) is 10.9. The molecule has 0 atom stereocenters. The lowest BCUT2D eigenvalue weighted by molar-refractivity contribution is 0.505. The van der Waals surface area contributed by atoms with Crippen molar-refractivity contribution in [2.75, 3.05) is 0 Å². The second-order valence-corrected chi connectivity index (χ2v) is 4.55. The third-order valence-corrected chi connectivity index (χ3v) is 1.76. The third kappa shape index (κ3) is 3.85. The molecule has 0 spiro atoms. The van der Waals surface area contributed by atoms with Crippen LogP contribution in [0.1, 0.15) is 34.6 Å². The molecule has 0 aromatic heterocycles. The van der Waals surface area contributed by atoms with Crippen molar-refractivity contribution in [2.45, 2.75) is 34.6 Å². The molecule has 0 aliphatic heterocycles. The highest BCUT2D eigenvalue weighted by Gasteiger charge is 2.11. The molecule has 0 fully saturated rings. The summed E-state index contributed by atoms with van der Waals surface area (Å²) in [5, 5.41) is 1.19. The second-order valence-electron chi connectivity index (χ2n) is 3.76. The van der Waals surface area contributed by atoms with Gasteiger partial charge in [0.25, 0.3) is 0 Å². The van der Waals surface area contributed by atoms with Crippen LogP contribution >= 0.6 is 8.86 Å². The van der Waals surface area contributed by atoms with E-state index in [2.05, 4.69) is 42.6 Å². The first-order valence-corrected chi connectivity index (χ1v) is 4.08. The second kappa shape index (κ2) is 3.34. The lowest BCUT2D eigenvalue weighted by Crippen LogP contribution is -2.07. The fraction of sp³-hybridized carbons (Fsp3) is 0.667. The summed E-state index contributed by atoms with van der Waals surface area (Å²) < 4.78 is 0. The van der Waals surface area contributed by atoms with Gasteiger partial charge in [0.1, 0.15) is 0 Å². The van der Waals surface area contributed by atoms with Gasteiger partial charge in [-0.15, -0.1) is 8.86 Å². The molecule has 0 aromatic carbocycles. The predicted octanol–water partition coefficient (Wildman–Crippen LogP) is 3.31. The zero-order chi connectivity index (χ0) is 8.36. The van der Waals surface area contributed by atoms with Gasteiger partial charge in [-0.2, -0.15) is 0 Å². The normalized spacial score (nSPS) is 13.5. The Bertz CT molecular complexity index is 158. The summed E-state index contributed by atoms with van der Waals surface area (Å²) in [5.41, 5.74) is 1.70. The first-order chi connectivity index (χ1) is 4.34. The minimum Gasteiger partial charge on any atom is -0.119 e. The number of allylic oxidation sites excluding steroid dienone is 2. The molecule has 1 heteroatoms. The van der Waals surface area contributed by atoms with Gasteiger partial charge in [-0.05, 0) is 24.6 Å². The van der Waals surface area contributed by atoms with Crippen LogP contribution in [0.4, 0.5) is 0 Å². The molecule has 0 nitrogen and oxygen atoms in total. The molecule has 0 aromatic rings. The van der Waals surface area contributed by atoms with Crippen molar-refractivity contribution in [1.29, 1.82) is 0 Å². The van der Waals surface area contributed by atoms with Crippen LogP contribution in [0.5, 0.6) is 0 Å². The third-order valence-electron chi connectivity index (χ3n) is 1.62. The lowest BCUT2D eigenvalue weighted by atomic mass is 9.87. The molecular weight excluding hydrogens is 139 g/mol. The van der Waals surface area contributed by atoms with E-state index in [1.807, 2.05) is 6.92 Å². The van der Waals surface area contributed by atoms with Crippen LogP contribution < -0.4 is 0 Å².